The molecule has 0 unspecified atom stereocenters. The zero-order chi connectivity index (χ0) is 20.2. The zero-order valence-electron chi connectivity index (χ0n) is 15.4. The zero-order valence-corrected chi connectivity index (χ0v) is 16.2. The molecule has 0 spiro atoms. The lowest BCUT2D eigenvalue weighted by Gasteiger charge is -2.24. The highest BCUT2D eigenvalue weighted by molar-refractivity contribution is 6.30. The molecule has 0 fully saturated rings. The minimum Gasteiger partial charge on any atom is -0.459 e. The second kappa shape index (κ2) is 8.49. The number of hydrogen-bond donors (Lipinski definition) is 0. The molecule has 0 aliphatic carbocycles. The van der Waals surface area contributed by atoms with Crippen LogP contribution in [0.3, 0.4) is 0 Å². The van der Waals surface area contributed by atoms with Crippen LogP contribution in [0.25, 0.3) is 0 Å². The lowest BCUT2D eigenvalue weighted by molar-refractivity contribution is 0.0387. The lowest BCUT2D eigenvalue weighted by Crippen LogP contribution is -2.37. The molecule has 0 N–H and O–H groups in total. The van der Waals surface area contributed by atoms with Gasteiger partial charge < -0.3 is 14.2 Å². The fraction of sp³-hybridized carbons (Fsp3) is 0.182. The van der Waals surface area contributed by atoms with Crippen molar-refractivity contribution >= 4 is 23.2 Å². The van der Waals surface area contributed by atoms with Crippen LogP contribution in [0.1, 0.15) is 28.1 Å². The molecule has 0 bridgehead atoms. The van der Waals surface area contributed by atoms with E-state index >= 15 is 0 Å². The summed E-state index contributed by atoms with van der Waals surface area (Å²) in [6, 6.07) is 17.0. The maximum atomic E-state index is 14.0. The molecule has 4 rings (SSSR count). The van der Waals surface area contributed by atoms with Crippen LogP contribution in [-0.2, 0) is 11.4 Å². The predicted molar refractivity (Wildman–Crippen MR) is 107 cm³/mol. The number of carbonyl (C=O) groups excluding carboxylic acids is 1. The molecule has 1 aliphatic heterocycles. The molecule has 2 heterocycles. The van der Waals surface area contributed by atoms with Gasteiger partial charge in [0.2, 0.25) is 0 Å². The lowest BCUT2D eigenvalue weighted by atomic mass is 10.0. The number of nitrogens with zero attached hydrogens (tertiary/aromatic N) is 2. The number of carbonyl (C=O) groups is 1. The average Bonchev–Trinajstić information content (AvgIpc) is 3.40. The van der Waals surface area contributed by atoms with Crippen molar-refractivity contribution in [1.82, 2.24) is 4.90 Å². The number of oxime groups is 1. The van der Waals surface area contributed by atoms with Gasteiger partial charge in [-0.1, -0.05) is 47.1 Å². The summed E-state index contributed by atoms with van der Waals surface area (Å²) < 4.78 is 19.3. The molecule has 7 heteroatoms. The molecule has 0 saturated heterocycles. The molecular weight excluding hydrogens is 395 g/mol. The van der Waals surface area contributed by atoms with Gasteiger partial charge >= 0.3 is 0 Å². The van der Waals surface area contributed by atoms with E-state index in [1.54, 1.807) is 47.4 Å². The summed E-state index contributed by atoms with van der Waals surface area (Å²) in [6.07, 6.45) is 1.47. The van der Waals surface area contributed by atoms with Crippen LogP contribution in [0.4, 0.5) is 4.39 Å². The van der Waals surface area contributed by atoms with Gasteiger partial charge in [0, 0.05) is 23.6 Å². The Hall–Kier alpha value is -3.12. The topological polar surface area (TPSA) is 55.0 Å². The van der Waals surface area contributed by atoms with E-state index in [9.17, 15) is 9.18 Å². The second-order valence-corrected chi connectivity index (χ2v) is 7.18. The first-order valence-electron chi connectivity index (χ1n) is 9.15. The molecule has 29 heavy (non-hydrogen) atoms. The van der Waals surface area contributed by atoms with E-state index in [-0.39, 0.29) is 30.1 Å². The standard InChI is InChI=1S/C22H18ClFN2O3/c23-16-6-3-5-15(11-16)13-26(22(27)21-9-4-10-28-21)14-17-12-20(25-29-17)18-7-1-2-8-19(18)24/h1-11,17H,12-14H2/t17-/m0/s1. The van der Waals surface area contributed by atoms with Crippen molar-refractivity contribution in [3.05, 3.63) is 94.7 Å². The summed E-state index contributed by atoms with van der Waals surface area (Å²) in [5.41, 5.74) is 1.82. The summed E-state index contributed by atoms with van der Waals surface area (Å²) in [7, 11) is 0. The summed E-state index contributed by atoms with van der Waals surface area (Å²) >= 11 is 6.08. The Kier molecular flexibility index (Phi) is 5.62. The van der Waals surface area contributed by atoms with Crippen molar-refractivity contribution in [3.63, 3.8) is 0 Å². The third kappa shape index (κ3) is 4.49. The number of amides is 1. The van der Waals surface area contributed by atoms with Crippen molar-refractivity contribution in [2.75, 3.05) is 6.54 Å². The van der Waals surface area contributed by atoms with Crippen LogP contribution in [0.15, 0.2) is 76.5 Å². The predicted octanol–water partition coefficient (Wildman–Crippen LogP) is 4.91. The summed E-state index contributed by atoms with van der Waals surface area (Å²) in [5, 5.41) is 4.63. The molecular formula is C22H18ClFN2O3. The average molecular weight is 413 g/mol. The highest BCUT2D eigenvalue weighted by atomic mass is 35.5. The van der Waals surface area contributed by atoms with E-state index in [4.69, 9.17) is 20.9 Å². The fourth-order valence-electron chi connectivity index (χ4n) is 3.26. The van der Waals surface area contributed by atoms with E-state index in [1.807, 2.05) is 12.1 Å². The van der Waals surface area contributed by atoms with Gasteiger partial charge in [-0.15, -0.1) is 0 Å². The normalized spacial score (nSPS) is 15.7. The van der Waals surface area contributed by atoms with Crippen LogP contribution in [0.5, 0.6) is 0 Å². The monoisotopic (exact) mass is 412 g/mol. The summed E-state index contributed by atoms with van der Waals surface area (Å²) in [4.78, 5) is 20.1. The third-order valence-corrected chi connectivity index (χ3v) is 4.86. The molecule has 2 aromatic carbocycles. The SMILES string of the molecule is O=C(c1ccco1)N(Cc1cccc(Cl)c1)C[C@@H]1CC(c2ccccc2F)=NO1. The van der Waals surface area contributed by atoms with Crippen LogP contribution in [0.2, 0.25) is 5.02 Å². The Morgan fingerprint density at radius 3 is 2.79 bits per heavy atom. The number of benzene rings is 2. The molecule has 0 radical (unpaired) electrons. The van der Waals surface area contributed by atoms with Crippen molar-refractivity contribution in [1.29, 1.82) is 0 Å². The number of furan rings is 1. The number of halogens is 2. The maximum absolute atomic E-state index is 14.0. The van der Waals surface area contributed by atoms with Crippen molar-refractivity contribution < 1.29 is 18.4 Å². The molecule has 5 nitrogen and oxygen atoms in total. The van der Waals surface area contributed by atoms with Gasteiger partial charge in [0.1, 0.15) is 5.82 Å². The van der Waals surface area contributed by atoms with Crippen molar-refractivity contribution in [3.8, 4) is 0 Å². The summed E-state index contributed by atoms with van der Waals surface area (Å²) in [6.45, 7) is 0.600. The van der Waals surface area contributed by atoms with Crippen LogP contribution >= 0.6 is 11.6 Å². The van der Waals surface area contributed by atoms with E-state index in [1.165, 1.54) is 12.3 Å². The van der Waals surface area contributed by atoms with Crippen molar-refractivity contribution in [2.45, 2.75) is 19.1 Å². The minimum absolute atomic E-state index is 0.236. The van der Waals surface area contributed by atoms with E-state index in [2.05, 4.69) is 5.16 Å². The molecule has 148 valence electrons. The fourth-order valence-corrected chi connectivity index (χ4v) is 3.47. The van der Waals surface area contributed by atoms with Gasteiger partial charge in [-0.3, -0.25) is 4.79 Å². The smallest absolute Gasteiger partial charge is 0.289 e. The van der Waals surface area contributed by atoms with Crippen LogP contribution in [-0.4, -0.2) is 29.2 Å². The van der Waals surface area contributed by atoms with Gasteiger partial charge in [0.05, 0.1) is 18.5 Å². The van der Waals surface area contributed by atoms with Gasteiger partial charge in [0.15, 0.2) is 11.9 Å². The Bertz CT molecular complexity index is 1040. The third-order valence-electron chi connectivity index (χ3n) is 4.62. The number of hydrogen-bond acceptors (Lipinski definition) is 4. The molecule has 3 aromatic rings. The first-order valence-corrected chi connectivity index (χ1v) is 9.53. The van der Waals surface area contributed by atoms with Crippen molar-refractivity contribution in [2.24, 2.45) is 5.16 Å². The molecule has 0 saturated carbocycles. The van der Waals surface area contributed by atoms with E-state index < -0.39 is 0 Å². The second-order valence-electron chi connectivity index (χ2n) is 6.74. The quantitative estimate of drug-likeness (QED) is 0.578. The Labute approximate surface area is 172 Å². The van der Waals surface area contributed by atoms with Crippen LogP contribution < -0.4 is 0 Å². The molecule has 1 amide bonds. The molecule has 1 aliphatic rings. The first-order chi connectivity index (χ1) is 14.1. The van der Waals surface area contributed by atoms with E-state index in [0.29, 0.717) is 29.3 Å². The molecule has 1 aromatic heterocycles. The minimum atomic E-state index is -0.386. The highest BCUT2D eigenvalue weighted by Gasteiger charge is 2.29. The van der Waals surface area contributed by atoms with E-state index in [0.717, 1.165) is 5.56 Å². The molecule has 1 atom stereocenters. The van der Waals surface area contributed by atoms with Gasteiger partial charge in [-0.2, -0.15) is 0 Å². The Morgan fingerprint density at radius 2 is 2.03 bits per heavy atom. The highest BCUT2D eigenvalue weighted by Crippen LogP contribution is 2.22. The largest absolute Gasteiger partial charge is 0.459 e. The van der Waals surface area contributed by atoms with Gasteiger partial charge in [-0.25, -0.2) is 4.39 Å². The van der Waals surface area contributed by atoms with Gasteiger partial charge in [-0.05, 0) is 35.9 Å². The first kappa shape index (κ1) is 19.2. The maximum Gasteiger partial charge on any atom is 0.289 e. The Balaban J connectivity index is 1.50. The number of rotatable bonds is 6. The van der Waals surface area contributed by atoms with Gasteiger partial charge in [0.25, 0.3) is 5.91 Å². The van der Waals surface area contributed by atoms with Crippen LogP contribution in [0, 0.1) is 5.82 Å². The summed E-state index contributed by atoms with van der Waals surface area (Å²) in [5.74, 6) is -0.379. The Morgan fingerprint density at radius 1 is 1.17 bits per heavy atom.